The van der Waals surface area contributed by atoms with E-state index in [2.05, 4.69) is 15.2 Å². The number of hydrogen-bond donors (Lipinski definition) is 1. The highest BCUT2D eigenvalue weighted by Gasteiger charge is 2.36. The highest BCUT2D eigenvalue weighted by atomic mass is 35.5. The Labute approximate surface area is 184 Å². The van der Waals surface area contributed by atoms with Gasteiger partial charge in [0, 0.05) is 11.3 Å². The zero-order valence-corrected chi connectivity index (χ0v) is 17.9. The van der Waals surface area contributed by atoms with E-state index < -0.39 is 5.91 Å². The van der Waals surface area contributed by atoms with Gasteiger partial charge in [-0.1, -0.05) is 35.9 Å². The first-order valence-electron chi connectivity index (χ1n) is 8.87. The third-order valence-corrected chi connectivity index (χ3v) is 6.82. The number of aromatic nitrogens is 2. The van der Waals surface area contributed by atoms with Crippen molar-refractivity contribution in [2.24, 2.45) is 10.1 Å². The molecule has 0 saturated carbocycles. The van der Waals surface area contributed by atoms with Gasteiger partial charge in [-0.3, -0.25) is 10.2 Å². The molecule has 0 spiro atoms. The van der Waals surface area contributed by atoms with Crippen LogP contribution in [0.15, 0.2) is 63.5 Å². The molecule has 0 atom stereocenters. The molecule has 0 radical (unpaired) electrons. The Morgan fingerprint density at radius 1 is 1.17 bits per heavy atom. The minimum Gasteiger partial charge on any atom is -0.282 e. The standard InChI is InChI=1S/C20H13ClN6OS2/c1-11-13(16(21)24-26(11)12-6-3-2-4-7-12)10-14-17(22)27-20(23-18(14)28)30-19(25-27)15-8-5-9-29-15/h2-10,22H,1H3/b14-10-,22-17?. The van der Waals surface area contributed by atoms with Gasteiger partial charge in [0.25, 0.3) is 5.91 Å². The van der Waals surface area contributed by atoms with Crippen LogP contribution in [0.1, 0.15) is 16.1 Å². The first-order chi connectivity index (χ1) is 14.5. The molecule has 10 heteroatoms. The summed E-state index contributed by atoms with van der Waals surface area (Å²) in [7, 11) is 0. The van der Waals surface area contributed by atoms with E-state index in [1.807, 2.05) is 54.8 Å². The molecule has 7 nitrogen and oxygen atoms in total. The van der Waals surface area contributed by atoms with Crippen LogP contribution in [-0.4, -0.2) is 36.7 Å². The van der Waals surface area contributed by atoms with Crippen LogP contribution in [0.3, 0.4) is 0 Å². The number of benzene rings is 1. The molecule has 2 aliphatic heterocycles. The molecule has 148 valence electrons. The molecule has 3 aromatic rings. The Hall–Kier alpha value is -3.01. The summed E-state index contributed by atoms with van der Waals surface area (Å²) >= 11 is 9.20. The number of halogens is 1. The number of aliphatic imine (C=N–C) groups is 1. The third-order valence-electron chi connectivity index (χ3n) is 4.59. The highest BCUT2D eigenvalue weighted by Crippen LogP contribution is 2.33. The van der Waals surface area contributed by atoms with Gasteiger partial charge in [-0.25, -0.2) is 4.68 Å². The molecule has 0 fully saturated rings. The van der Waals surface area contributed by atoms with Crippen molar-refractivity contribution in [2.45, 2.75) is 6.92 Å². The molecule has 2 aliphatic rings. The number of thiophene rings is 1. The predicted octanol–water partition coefficient (Wildman–Crippen LogP) is 4.56. The summed E-state index contributed by atoms with van der Waals surface area (Å²) in [5, 5.41) is 22.1. The molecule has 0 bridgehead atoms. The Bertz CT molecular complexity index is 1270. The van der Waals surface area contributed by atoms with E-state index in [1.54, 1.807) is 22.1 Å². The fourth-order valence-corrected chi connectivity index (χ4v) is 5.05. The van der Waals surface area contributed by atoms with Crippen molar-refractivity contribution in [1.82, 2.24) is 14.8 Å². The highest BCUT2D eigenvalue weighted by molar-refractivity contribution is 8.27. The molecule has 1 N–H and O–H groups in total. The second kappa shape index (κ2) is 7.35. The van der Waals surface area contributed by atoms with Crippen LogP contribution >= 0.6 is 34.7 Å². The van der Waals surface area contributed by atoms with Gasteiger partial charge in [0.1, 0.15) is 5.04 Å². The van der Waals surface area contributed by atoms with Crippen LogP contribution in [0.5, 0.6) is 0 Å². The van der Waals surface area contributed by atoms with E-state index in [0.717, 1.165) is 16.3 Å². The number of carbonyl (C=O) groups excluding carboxylic acids is 1. The lowest BCUT2D eigenvalue weighted by atomic mass is 10.1. The van der Waals surface area contributed by atoms with Crippen LogP contribution in [-0.2, 0) is 4.79 Å². The quantitative estimate of drug-likeness (QED) is 0.590. The van der Waals surface area contributed by atoms with E-state index in [4.69, 9.17) is 17.0 Å². The van der Waals surface area contributed by atoms with Gasteiger partial charge < -0.3 is 0 Å². The van der Waals surface area contributed by atoms with E-state index in [0.29, 0.717) is 15.8 Å². The number of rotatable bonds is 3. The van der Waals surface area contributed by atoms with E-state index >= 15 is 0 Å². The fourth-order valence-electron chi connectivity index (χ4n) is 3.10. The Balaban J connectivity index is 1.54. The number of nitrogens with zero attached hydrogens (tertiary/aromatic N) is 5. The average Bonchev–Trinajstić information content (AvgIpc) is 3.46. The largest absolute Gasteiger partial charge is 0.283 e. The minimum absolute atomic E-state index is 0.0352. The molecule has 0 aliphatic carbocycles. The van der Waals surface area contributed by atoms with Crippen LogP contribution in [0.4, 0.5) is 0 Å². The number of fused-ring (bicyclic) bond motifs is 1. The van der Waals surface area contributed by atoms with E-state index in [9.17, 15) is 4.79 Å². The summed E-state index contributed by atoms with van der Waals surface area (Å²) in [6.45, 7) is 1.86. The van der Waals surface area contributed by atoms with Crippen molar-refractivity contribution in [2.75, 3.05) is 0 Å². The predicted molar refractivity (Wildman–Crippen MR) is 122 cm³/mol. The lowest BCUT2D eigenvalue weighted by Crippen LogP contribution is -2.35. The number of amidine groups is 2. The number of carbonyl (C=O) groups is 1. The van der Waals surface area contributed by atoms with Crippen LogP contribution in [0, 0.1) is 12.3 Å². The summed E-state index contributed by atoms with van der Waals surface area (Å²) in [4.78, 5) is 17.8. The number of hydrazone groups is 1. The molecule has 30 heavy (non-hydrogen) atoms. The molecule has 4 heterocycles. The van der Waals surface area contributed by atoms with Crippen LogP contribution < -0.4 is 0 Å². The van der Waals surface area contributed by atoms with E-state index in [1.165, 1.54) is 16.8 Å². The monoisotopic (exact) mass is 452 g/mol. The molecule has 1 aromatic carbocycles. The van der Waals surface area contributed by atoms with Crippen molar-refractivity contribution in [3.63, 3.8) is 0 Å². The summed E-state index contributed by atoms with van der Waals surface area (Å²) in [6.07, 6.45) is 1.57. The summed E-state index contributed by atoms with van der Waals surface area (Å²) in [5.41, 5.74) is 2.30. The van der Waals surface area contributed by atoms with E-state index in [-0.39, 0.29) is 16.6 Å². The minimum atomic E-state index is -0.496. The summed E-state index contributed by atoms with van der Waals surface area (Å²) in [5.74, 6) is -0.531. The fraction of sp³-hybridized carbons (Fsp3) is 0.0500. The van der Waals surface area contributed by atoms with Crippen molar-refractivity contribution in [3.8, 4) is 5.69 Å². The van der Waals surface area contributed by atoms with Gasteiger partial charge in [0.15, 0.2) is 11.0 Å². The number of hydrogen-bond acceptors (Lipinski definition) is 6. The molecular weight excluding hydrogens is 440 g/mol. The third kappa shape index (κ3) is 3.11. The molecular formula is C20H13ClN6OS2. The van der Waals surface area contributed by atoms with Gasteiger partial charge in [0.2, 0.25) is 5.17 Å². The van der Waals surface area contributed by atoms with Crippen LogP contribution in [0.2, 0.25) is 5.15 Å². The summed E-state index contributed by atoms with van der Waals surface area (Å²) < 4.78 is 1.71. The van der Waals surface area contributed by atoms with Gasteiger partial charge >= 0.3 is 0 Å². The number of para-hydroxylation sites is 1. The maximum absolute atomic E-state index is 12.7. The first-order valence-corrected chi connectivity index (χ1v) is 10.9. The van der Waals surface area contributed by atoms with Crippen molar-refractivity contribution < 1.29 is 4.79 Å². The maximum atomic E-state index is 12.7. The average molecular weight is 453 g/mol. The molecule has 0 unspecified atom stereocenters. The second-order valence-electron chi connectivity index (χ2n) is 6.44. The molecule has 0 saturated heterocycles. The normalized spacial score (nSPS) is 17.4. The Kier molecular flexibility index (Phi) is 4.65. The first kappa shape index (κ1) is 19.0. The molecule has 1 amide bonds. The number of nitrogens with one attached hydrogen (secondary N) is 1. The lowest BCUT2D eigenvalue weighted by molar-refractivity contribution is -0.114. The zero-order valence-electron chi connectivity index (χ0n) is 15.5. The smallest absolute Gasteiger partial charge is 0.282 e. The summed E-state index contributed by atoms with van der Waals surface area (Å²) in [6, 6.07) is 13.4. The maximum Gasteiger partial charge on any atom is 0.283 e. The SMILES string of the molecule is Cc1c(/C=C2/C(=N)N3N=C(c4cccs4)SC3=NC2=O)c(Cl)nn1-c1ccccc1. The molecule has 5 rings (SSSR count). The van der Waals surface area contributed by atoms with Crippen LogP contribution in [0.25, 0.3) is 11.8 Å². The zero-order chi connectivity index (χ0) is 20.8. The van der Waals surface area contributed by atoms with Gasteiger partial charge in [-0.15, -0.1) is 11.3 Å². The van der Waals surface area contributed by atoms with Gasteiger partial charge in [0.05, 0.1) is 16.1 Å². The van der Waals surface area contributed by atoms with Crippen molar-refractivity contribution >= 4 is 62.7 Å². The second-order valence-corrected chi connectivity index (χ2v) is 8.70. The topological polar surface area (TPSA) is 86.7 Å². The number of amides is 1. The Morgan fingerprint density at radius 2 is 1.97 bits per heavy atom. The van der Waals surface area contributed by atoms with Gasteiger partial charge in [-0.2, -0.15) is 20.2 Å². The van der Waals surface area contributed by atoms with Gasteiger partial charge in [-0.05, 0) is 48.3 Å². The number of thioether (sulfide) groups is 1. The van der Waals surface area contributed by atoms with Crippen molar-refractivity contribution in [3.05, 3.63) is 74.7 Å². The lowest BCUT2D eigenvalue weighted by Gasteiger charge is -2.20. The van der Waals surface area contributed by atoms with Crippen molar-refractivity contribution in [1.29, 1.82) is 5.41 Å². The Morgan fingerprint density at radius 3 is 2.70 bits per heavy atom. The molecule has 2 aromatic heterocycles.